The van der Waals surface area contributed by atoms with Gasteiger partial charge in [-0.3, -0.25) is 9.89 Å². The molecule has 0 amide bonds. The fourth-order valence-electron chi connectivity index (χ4n) is 3.06. The van der Waals surface area contributed by atoms with E-state index in [1.807, 2.05) is 6.92 Å². The number of hydrogen-bond acceptors (Lipinski definition) is 3. The Balaban J connectivity index is 1.89. The first kappa shape index (κ1) is 15.6. The number of aliphatic hydroxyl groups is 1. The van der Waals surface area contributed by atoms with Crippen LogP contribution in [0.3, 0.4) is 0 Å². The molecule has 2 saturated heterocycles. The van der Waals surface area contributed by atoms with Crippen molar-refractivity contribution in [1.29, 1.82) is 0 Å². The lowest BCUT2D eigenvalue weighted by molar-refractivity contribution is 0.240. The predicted octanol–water partition coefficient (Wildman–Crippen LogP) is 0.750. The number of hydrogen-bond donors (Lipinski definition) is 2. The minimum absolute atomic E-state index is 0.208. The lowest BCUT2D eigenvalue weighted by atomic mass is 10.2. The summed E-state index contributed by atoms with van der Waals surface area (Å²) in [6.07, 6.45) is 3.97. The van der Waals surface area contributed by atoms with Crippen LogP contribution in [-0.4, -0.2) is 72.8 Å². The van der Waals surface area contributed by atoms with E-state index in [9.17, 15) is 0 Å². The predicted molar refractivity (Wildman–Crippen MR) is 83.0 cm³/mol. The maximum atomic E-state index is 9.12. The van der Waals surface area contributed by atoms with E-state index in [2.05, 4.69) is 27.0 Å². The van der Waals surface area contributed by atoms with E-state index in [4.69, 9.17) is 5.11 Å². The molecule has 0 bridgehead atoms. The van der Waals surface area contributed by atoms with Crippen LogP contribution in [0.1, 0.15) is 33.1 Å². The Morgan fingerprint density at radius 3 is 2.75 bits per heavy atom. The van der Waals surface area contributed by atoms with Crippen LogP contribution in [0.2, 0.25) is 0 Å². The molecule has 2 rings (SSSR count). The van der Waals surface area contributed by atoms with Gasteiger partial charge in [0.05, 0.1) is 0 Å². The molecule has 0 saturated carbocycles. The maximum Gasteiger partial charge on any atom is 0.193 e. The molecular formula is C15H30N4O. The van der Waals surface area contributed by atoms with Crippen LogP contribution < -0.4 is 5.32 Å². The highest BCUT2D eigenvalue weighted by Crippen LogP contribution is 2.20. The molecule has 116 valence electrons. The number of guanidine groups is 1. The molecule has 0 aromatic rings. The van der Waals surface area contributed by atoms with Crippen molar-refractivity contribution < 1.29 is 5.11 Å². The van der Waals surface area contributed by atoms with E-state index >= 15 is 0 Å². The Kier molecular flexibility index (Phi) is 6.10. The van der Waals surface area contributed by atoms with Crippen molar-refractivity contribution in [2.45, 2.75) is 39.2 Å². The van der Waals surface area contributed by atoms with Crippen LogP contribution in [0.4, 0.5) is 0 Å². The number of aliphatic hydroxyl groups excluding tert-OH is 1. The number of nitrogens with one attached hydrogen (secondary N) is 1. The molecule has 2 heterocycles. The summed E-state index contributed by atoms with van der Waals surface area (Å²) in [4.78, 5) is 9.70. The van der Waals surface area contributed by atoms with Gasteiger partial charge in [0, 0.05) is 38.8 Å². The third kappa shape index (κ3) is 4.09. The van der Waals surface area contributed by atoms with Gasteiger partial charge in [-0.25, -0.2) is 0 Å². The summed E-state index contributed by atoms with van der Waals surface area (Å²) >= 11 is 0. The monoisotopic (exact) mass is 282 g/mol. The molecule has 0 radical (unpaired) electrons. The van der Waals surface area contributed by atoms with E-state index in [-0.39, 0.29) is 12.5 Å². The average Bonchev–Trinajstić information content (AvgIpc) is 3.12. The highest BCUT2D eigenvalue weighted by atomic mass is 16.3. The lowest BCUT2D eigenvalue weighted by Gasteiger charge is -2.25. The van der Waals surface area contributed by atoms with Crippen LogP contribution in [0, 0.1) is 5.92 Å². The lowest BCUT2D eigenvalue weighted by Crippen LogP contribution is -2.43. The zero-order chi connectivity index (χ0) is 14.4. The van der Waals surface area contributed by atoms with Crippen molar-refractivity contribution in [3.63, 3.8) is 0 Å². The Morgan fingerprint density at radius 1 is 1.35 bits per heavy atom. The Labute approximate surface area is 123 Å². The topological polar surface area (TPSA) is 51.1 Å². The van der Waals surface area contributed by atoms with E-state index in [0.717, 1.165) is 25.6 Å². The van der Waals surface area contributed by atoms with Gasteiger partial charge in [-0.05, 0) is 45.2 Å². The molecule has 0 spiro atoms. The number of aliphatic imine (C=N–C) groups is 1. The molecule has 2 aliphatic rings. The molecule has 0 aliphatic carbocycles. The number of likely N-dealkylation sites (tertiary alicyclic amines) is 2. The second-order valence-corrected chi connectivity index (χ2v) is 6.11. The zero-order valence-corrected chi connectivity index (χ0v) is 13.0. The third-order valence-corrected chi connectivity index (χ3v) is 4.32. The van der Waals surface area contributed by atoms with Gasteiger partial charge in [-0.15, -0.1) is 0 Å². The van der Waals surface area contributed by atoms with Gasteiger partial charge < -0.3 is 15.3 Å². The number of nitrogens with zero attached hydrogens (tertiary/aromatic N) is 3. The summed E-state index contributed by atoms with van der Waals surface area (Å²) < 4.78 is 0. The molecule has 5 heteroatoms. The van der Waals surface area contributed by atoms with Crippen molar-refractivity contribution >= 4 is 5.96 Å². The molecule has 5 nitrogen and oxygen atoms in total. The SMILES string of the molecule is CCNC(=NCC(C)CO)N1CCC(N2CCCC2)C1. The average molecular weight is 282 g/mol. The molecule has 2 aliphatic heterocycles. The Hall–Kier alpha value is -0.810. The first-order valence-electron chi connectivity index (χ1n) is 8.12. The van der Waals surface area contributed by atoms with Gasteiger partial charge >= 0.3 is 0 Å². The van der Waals surface area contributed by atoms with Crippen LogP contribution in [0.5, 0.6) is 0 Å². The molecule has 20 heavy (non-hydrogen) atoms. The van der Waals surface area contributed by atoms with Gasteiger partial charge in [-0.2, -0.15) is 0 Å². The van der Waals surface area contributed by atoms with Crippen molar-refractivity contribution in [2.24, 2.45) is 10.9 Å². The molecule has 2 unspecified atom stereocenters. The summed E-state index contributed by atoms with van der Waals surface area (Å²) in [5, 5.41) is 12.5. The molecular weight excluding hydrogens is 252 g/mol. The zero-order valence-electron chi connectivity index (χ0n) is 13.0. The van der Waals surface area contributed by atoms with Gasteiger partial charge in [0.2, 0.25) is 0 Å². The van der Waals surface area contributed by atoms with E-state index in [0.29, 0.717) is 12.6 Å². The van der Waals surface area contributed by atoms with Crippen LogP contribution >= 0.6 is 0 Å². The maximum absolute atomic E-state index is 9.12. The quantitative estimate of drug-likeness (QED) is 0.577. The van der Waals surface area contributed by atoms with E-state index in [1.54, 1.807) is 0 Å². The normalized spacial score (nSPS) is 26.2. The van der Waals surface area contributed by atoms with Crippen LogP contribution in [-0.2, 0) is 0 Å². The minimum atomic E-state index is 0.208. The van der Waals surface area contributed by atoms with Crippen LogP contribution in [0.25, 0.3) is 0 Å². The Bertz CT molecular complexity index is 315. The highest BCUT2D eigenvalue weighted by Gasteiger charge is 2.30. The number of rotatable bonds is 5. The fourth-order valence-corrected chi connectivity index (χ4v) is 3.06. The highest BCUT2D eigenvalue weighted by molar-refractivity contribution is 5.80. The molecule has 0 aromatic heterocycles. The minimum Gasteiger partial charge on any atom is -0.396 e. The second-order valence-electron chi connectivity index (χ2n) is 6.11. The van der Waals surface area contributed by atoms with Crippen molar-refractivity contribution in [3.05, 3.63) is 0 Å². The third-order valence-electron chi connectivity index (χ3n) is 4.32. The van der Waals surface area contributed by atoms with Gasteiger partial charge in [-0.1, -0.05) is 6.92 Å². The van der Waals surface area contributed by atoms with E-state index in [1.165, 1.54) is 32.4 Å². The molecule has 2 N–H and O–H groups in total. The largest absolute Gasteiger partial charge is 0.396 e. The standard InChI is InChI=1S/C15H30N4O/c1-3-16-15(17-10-13(2)12-20)19-9-6-14(11-19)18-7-4-5-8-18/h13-14,20H,3-12H2,1-2H3,(H,16,17). The summed E-state index contributed by atoms with van der Waals surface area (Å²) in [6, 6.07) is 0.705. The molecule has 2 atom stereocenters. The fraction of sp³-hybridized carbons (Fsp3) is 0.933. The second kappa shape index (κ2) is 7.84. The van der Waals surface area contributed by atoms with Crippen molar-refractivity contribution in [3.8, 4) is 0 Å². The Morgan fingerprint density at radius 2 is 2.10 bits per heavy atom. The van der Waals surface area contributed by atoms with Gasteiger partial charge in [0.15, 0.2) is 5.96 Å². The van der Waals surface area contributed by atoms with Gasteiger partial charge in [0.1, 0.15) is 0 Å². The van der Waals surface area contributed by atoms with Crippen LogP contribution in [0.15, 0.2) is 4.99 Å². The smallest absolute Gasteiger partial charge is 0.193 e. The molecule has 2 fully saturated rings. The summed E-state index contributed by atoms with van der Waals surface area (Å²) in [7, 11) is 0. The molecule has 0 aromatic carbocycles. The summed E-state index contributed by atoms with van der Waals surface area (Å²) in [6.45, 7) is 10.7. The van der Waals surface area contributed by atoms with Crippen molar-refractivity contribution in [2.75, 3.05) is 45.9 Å². The summed E-state index contributed by atoms with van der Waals surface area (Å²) in [5.41, 5.74) is 0. The van der Waals surface area contributed by atoms with E-state index < -0.39 is 0 Å². The van der Waals surface area contributed by atoms with Gasteiger partial charge in [0.25, 0.3) is 0 Å². The first-order valence-corrected chi connectivity index (χ1v) is 8.12. The first-order chi connectivity index (χ1) is 9.74. The summed E-state index contributed by atoms with van der Waals surface area (Å²) in [5.74, 6) is 1.26. The van der Waals surface area contributed by atoms with Crippen molar-refractivity contribution in [1.82, 2.24) is 15.1 Å².